The van der Waals surface area contributed by atoms with E-state index >= 15 is 0 Å². The van der Waals surface area contributed by atoms with Crippen molar-refractivity contribution in [1.29, 1.82) is 0 Å². The summed E-state index contributed by atoms with van der Waals surface area (Å²) in [5.74, 6) is -0.0515. The fraction of sp³-hybridized carbons (Fsp3) is 0.417. The van der Waals surface area contributed by atoms with E-state index in [9.17, 15) is 21.6 Å². The van der Waals surface area contributed by atoms with Gasteiger partial charge in [0.1, 0.15) is 5.75 Å². The molecule has 9 heteroatoms. The predicted molar refractivity (Wildman–Crippen MR) is 70.7 cm³/mol. The lowest BCUT2D eigenvalue weighted by atomic mass is 10.1. The Balaban J connectivity index is 3.11. The maximum Gasteiger partial charge on any atom is 0.437 e. The van der Waals surface area contributed by atoms with Crippen LogP contribution in [0.3, 0.4) is 0 Å². The molecular weight excluding hydrogens is 311 g/mol. The lowest BCUT2D eigenvalue weighted by Crippen LogP contribution is -2.25. The Kier molecular flexibility index (Phi) is 5.59. The second kappa shape index (κ2) is 6.79. The van der Waals surface area contributed by atoms with Crippen molar-refractivity contribution in [2.24, 2.45) is 5.16 Å². The molecule has 0 bridgehead atoms. The van der Waals surface area contributed by atoms with E-state index in [2.05, 4.69) is 9.44 Å². The standard InChI is InChI=1S/C12H14F3NO4S/c1-3-8-21(17,18)20-16-11(12(13,14)15)9-4-6-10(19-2)7-5-9/h4-7H,3,8H2,1-2H3/b16-11-. The lowest BCUT2D eigenvalue weighted by Gasteiger charge is -2.10. The monoisotopic (exact) mass is 325 g/mol. The number of hydrogen-bond donors (Lipinski definition) is 0. The second-order valence-electron chi connectivity index (χ2n) is 4.00. The molecule has 0 atom stereocenters. The summed E-state index contributed by atoms with van der Waals surface area (Å²) < 4.78 is 70.2. The minimum atomic E-state index is -4.85. The average molecular weight is 325 g/mol. The molecule has 0 N–H and O–H groups in total. The van der Waals surface area contributed by atoms with E-state index in [0.717, 1.165) is 12.1 Å². The fourth-order valence-electron chi connectivity index (χ4n) is 1.40. The van der Waals surface area contributed by atoms with Crippen molar-refractivity contribution < 1.29 is 30.6 Å². The lowest BCUT2D eigenvalue weighted by molar-refractivity contribution is -0.0597. The van der Waals surface area contributed by atoms with Crippen LogP contribution in [0.1, 0.15) is 18.9 Å². The summed E-state index contributed by atoms with van der Waals surface area (Å²) in [6, 6.07) is 4.83. The van der Waals surface area contributed by atoms with Crippen molar-refractivity contribution in [1.82, 2.24) is 0 Å². The van der Waals surface area contributed by atoms with Gasteiger partial charge < -0.3 is 4.74 Å². The quantitative estimate of drug-likeness (QED) is 0.596. The van der Waals surface area contributed by atoms with Gasteiger partial charge in [0.25, 0.3) is 0 Å². The average Bonchev–Trinajstić information content (AvgIpc) is 2.38. The predicted octanol–water partition coefficient (Wildman–Crippen LogP) is 2.72. The first-order valence-electron chi connectivity index (χ1n) is 5.90. The minimum absolute atomic E-state index is 0.210. The molecule has 0 amide bonds. The maximum atomic E-state index is 12.9. The number of rotatable bonds is 6. The van der Waals surface area contributed by atoms with Crippen LogP contribution in [-0.4, -0.2) is 33.2 Å². The molecule has 118 valence electrons. The van der Waals surface area contributed by atoms with E-state index in [1.54, 1.807) is 6.92 Å². The third-order valence-electron chi connectivity index (χ3n) is 2.33. The van der Waals surface area contributed by atoms with E-state index in [4.69, 9.17) is 4.74 Å². The van der Waals surface area contributed by atoms with E-state index in [-0.39, 0.29) is 12.0 Å². The summed E-state index contributed by atoms with van der Waals surface area (Å²) in [6.45, 7) is 1.55. The van der Waals surface area contributed by atoms with Gasteiger partial charge in [-0.3, -0.25) is 4.28 Å². The number of alkyl halides is 3. The van der Waals surface area contributed by atoms with Crippen molar-refractivity contribution in [3.8, 4) is 5.75 Å². The van der Waals surface area contributed by atoms with Gasteiger partial charge in [0, 0.05) is 5.56 Å². The molecule has 0 saturated heterocycles. The highest BCUT2D eigenvalue weighted by Crippen LogP contribution is 2.24. The molecule has 5 nitrogen and oxygen atoms in total. The van der Waals surface area contributed by atoms with Gasteiger partial charge in [-0.25, -0.2) is 0 Å². The van der Waals surface area contributed by atoms with E-state index < -0.39 is 27.8 Å². The number of halogens is 3. The highest BCUT2D eigenvalue weighted by molar-refractivity contribution is 7.86. The molecule has 1 rings (SSSR count). The van der Waals surface area contributed by atoms with Crippen LogP contribution in [0.4, 0.5) is 13.2 Å². The summed E-state index contributed by atoms with van der Waals surface area (Å²) in [6.07, 6.45) is -4.64. The molecule has 1 aromatic carbocycles. The molecule has 0 fully saturated rings. The SMILES string of the molecule is CCCS(=O)(=O)O/N=C(/c1ccc(OC)cc1)C(F)(F)F. The number of oxime groups is 1. The Morgan fingerprint density at radius 1 is 1.24 bits per heavy atom. The van der Waals surface area contributed by atoms with Crippen LogP contribution in [0.25, 0.3) is 0 Å². The third kappa shape index (κ3) is 5.25. The Morgan fingerprint density at radius 3 is 2.24 bits per heavy atom. The molecule has 0 aliphatic carbocycles. The van der Waals surface area contributed by atoms with Gasteiger partial charge in [0.2, 0.25) is 0 Å². The molecule has 0 radical (unpaired) electrons. The number of benzene rings is 1. The first-order valence-corrected chi connectivity index (χ1v) is 7.48. The number of methoxy groups -OCH3 is 1. The van der Waals surface area contributed by atoms with Gasteiger partial charge in [-0.15, -0.1) is 0 Å². The molecule has 0 unspecified atom stereocenters. The van der Waals surface area contributed by atoms with Gasteiger partial charge >= 0.3 is 16.3 Å². The van der Waals surface area contributed by atoms with Gasteiger partial charge in [-0.05, 0) is 30.7 Å². The summed E-state index contributed by atoms with van der Waals surface area (Å²) in [7, 11) is -2.75. The molecule has 21 heavy (non-hydrogen) atoms. The van der Waals surface area contributed by atoms with Crippen LogP contribution in [0, 0.1) is 0 Å². The van der Waals surface area contributed by atoms with Crippen LogP contribution in [0.15, 0.2) is 29.4 Å². The maximum absolute atomic E-state index is 12.9. The Morgan fingerprint density at radius 2 is 1.81 bits per heavy atom. The zero-order chi connectivity index (χ0) is 16.1. The summed E-state index contributed by atoms with van der Waals surface area (Å²) in [5.41, 5.74) is -1.75. The normalized spacial score (nSPS) is 13.1. The molecule has 0 aliphatic rings. The Hall–Kier alpha value is -1.77. The van der Waals surface area contributed by atoms with E-state index in [0.29, 0.717) is 5.75 Å². The summed E-state index contributed by atoms with van der Waals surface area (Å²) in [4.78, 5) is 0. The molecule has 0 spiro atoms. The van der Waals surface area contributed by atoms with Crippen LogP contribution >= 0.6 is 0 Å². The highest BCUT2D eigenvalue weighted by atomic mass is 32.2. The van der Waals surface area contributed by atoms with Crippen molar-refractivity contribution in [2.45, 2.75) is 19.5 Å². The topological polar surface area (TPSA) is 65.0 Å². The largest absolute Gasteiger partial charge is 0.497 e. The Bertz CT molecular complexity index is 594. The number of nitrogens with zero attached hydrogens (tertiary/aromatic N) is 1. The molecule has 0 saturated carbocycles. The second-order valence-corrected chi connectivity index (χ2v) is 5.68. The summed E-state index contributed by atoms with van der Waals surface area (Å²) >= 11 is 0. The molecule has 0 heterocycles. The zero-order valence-corrected chi connectivity index (χ0v) is 12.2. The first-order chi connectivity index (χ1) is 9.69. The van der Waals surface area contributed by atoms with Gasteiger partial charge in [0.15, 0.2) is 5.71 Å². The highest BCUT2D eigenvalue weighted by Gasteiger charge is 2.38. The van der Waals surface area contributed by atoms with E-state index in [1.165, 1.54) is 19.2 Å². The van der Waals surface area contributed by atoms with E-state index in [1.807, 2.05) is 0 Å². The van der Waals surface area contributed by atoms with Crippen molar-refractivity contribution >= 4 is 15.8 Å². The van der Waals surface area contributed by atoms with Crippen LogP contribution < -0.4 is 4.74 Å². The number of ether oxygens (including phenoxy) is 1. The van der Waals surface area contributed by atoms with Crippen molar-refractivity contribution in [3.05, 3.63) is 29.8 Å². The molecular formula is C12H14F3NO4S. The van der Waals surface area contributed by atoms with Crippen LogP contribution in [-0.2, 0) is 14.4 Å². The smallest absolute Gasteiger partial charge is 0.437 e. The number of hydrogen-bond acceptors (Lipinski definition) is 5. The molecule has 0 aliphatic heterocycles. The van der Waals surface area contributed by atoms with Gasteiger partial charge in [-0.2, -0.15) is 21.6 Å². The summed E-state index contributed by atoms with van der Waals surface area (Å²) in [5, 5.41) is 2.77. The fourth-order valence-corrected chi connectivity index (χ4v) is 2.16. The van der Waals surface area contributed by atoms with Gasteiger partial charge in [0.05, 0.1) is 12.9 Å². The minimum Gasteiger partial charge on any atom is -0.497 e. The zero-order valence-electron chi connectivity index (χ0n) is 11.3. The molecule has 1 aromatic rings. The third-order valence-corrected chi connectivity index (χ3v) is 3.54. The first kappa shape index (κ1) is 17.3. The van der Waals surface area contributed by atoms with Crippen molar-refractivity contribution in [3.63, 3.8) is 0 Å². The Labute approximate surface area is 120 Å². The molecule has 0 aromatic heterocycles. The van der Waals surface area contributed by atoms with Crippen molar-refractivity contribution in [2.75, 3.05) is 12.9 Å². The van der Waals surface area contributed by atoms with Gasteiger partial charge in [-0.1, -0.05) is 12.1 Å². The van der Waals surface area contributed by atoms with Crippen LogP contribution in [0.2, 0.25) is 0 Å². The van der Waals surface area contributed by atoms with Crippen LogP contribution in [0.5, 0.6) is 5.75 Å².